The topological polar surface area (TPSA) is 58.6 Å². The molecule has 2 aromatic rings. The summed E-state index contributed by atoms with van der Waals surface area (Å²) < 4.78 is 6.52. The second kappa shape index (κ2) is 10.9. The van der Waals surface area contributed by atoms with Gasteiger partial charge in [0.25, 0.3) is 5.91 Å². The summed E-state index contributed by atoms with van der Waals surface area (Å²) in [5.41, 5.74) is 0.764. The van der Waals surface area contributed by atoms with Crippen molar-refractivity contribution in [3.05, 3.63) is 62.5 Å². The second-order valence-electron chi connectivity index (χ2n) is 6.85. The summed E-state index contributed by atoms with van der Waals surface area (Å²) in [5, 5.41) is 3.66. The molecule has 0 aliphatic heterocycles. The molecule has 0 saturated carbocycles. The Labute approximate surface area is 189 Å². The second-order valence-corrected chi connectivity index (χ2v) is 8.58. The number of carbonyl (C=O) groups is 2. The number of hydrogen-bond acceptors (Lipinski definition) is 3. The summed E-state index contributed by atoms with van der Waals surface area (Å²) in [7, 11) is 0. The van der Waals surface area contributed by atoms with Crippen LogP contribution >= 0.6 is 39.1 Å². The summed E-state index contributed by atoms with van der Waals surface area (Å²) in [5.74, 6) is 0.0118. The van der Waals surface area contributed by atoms with Crippen molar-refractivity contribution >= 4 is 50.9 Å². The van der Waals surface area contributed by atoms with Crippen molar-refractivity contribution in [2.75, 3.05) is 6.61 Å². The molecule has 0 fully saturated rings. The highest BCUT2D eigenvalue weighted by Crippen LogP contribution is 2.24. The van der Waals surface area contributed by atoms with Crippen LogP contribution in [0.15, 0.2) is 46.9 Å². The third kappa shape index (κ3) is 7.21. The number of halogens is 3. The van der Waals surface area contributed by atoms with Gasteiger partial charge in [-0.15, -0.1) is 0 Å². The van der Waals surface area contributed by atoms with Gasteiger partial charge in [0.2, 0.25) is 5.91 Å². The zero-order valence-corrected chi connectivity index (χ0v) is 19.5. The smallest absolute Gasteiger partial charge is 0.261 e. The molecule has 2 amide bonds. The van der Waals surface area contributed by atoms with E-state index in [1.165, 1.54) is 4.90 Å². The molecule has 0 aromatic heterocycles. The van der Waals surface area contributed by atoms with E-state index in [0.717, 1.165) is 10.0 Å². The van der Waals surface area contributed by atoms with Crippen LogP contribution in [0.25, 0.3) is 0 Å². The molecule has 1 N–H and O–H groups in total. The van der Waals surface area contributed by atoms with Crippen molar-refractivity contribution in [1.82, 2.24) is 10.2 Å². The highest BCUT2D eigenvalue weighted by Gasteiger charge is 2.27. The average molecular weight is 502 g/mol. The molecule has 0 unspecified atom stereocenters. The zero-order valence-electron chi connectivity index (χ0n) is 16.4. The fourth-order valence-electron chi connectivity index (χ4n) is 2.58. The molecule has 2 rings (SSSR count). The minimum absolute atomic E-state index is 0.0362. The van der Waals surface area contributed by atoms with Gasteiger partial charge in [0.05, 0.1) is 10.0 Å². The Balaban J connectivity index is 2.17. The third-order valence-electron chi connectivity index (χ3n) is 4.11. The van der Waals surface area contributed by atoms with E-state index in [1.54, 1.807) is 37.3 Å². The molecule has 5 nitrogen and oxygen atoms in total. The summed E-state index contributed by atoms with van der Waals surface area (Å²) in [6.07, 6.45) is 0. The molecule has 156 valence electrons. The molecule has 0 spiro atoms. The Morgan fingerprint density at radius 1 is 1.07 bits per heavy atom. The number of rotatable bonds is 8. The fourth-order valence-corrected chi connectivity index (χ4v) is 3.17. The van der Waals surface area contributed by atoms with Crippen molar-refractivity contribution in [3.63, 3.8) is 0 Å². The monoisotopic (exact) mass is 500 g/mol. The fraction of sp³-hybridized carbons (Fsp3) is 0.333. The number of nitrogens with zero attached hydrogens (tertiary/aromatic N) is 1. The van der Waals surface area contributed by atoms with E-state index >= 15 is 0 Å². The molecule has 2 aromatic carbocycles. The average Bonchev–Trinajstić information content (AvgIpc) is 2.67. The molecule has 1 atom stereocenters. The number of nitrogens with one attached hydrogen (secondary N) is 1. The summed E-state index contributed by atoms with van der Waals surface area (Å²) >= 11 is 15.4. The van der Waals surface area contributed by atoms with E-state index in [4.69, 9.17) is 27.9 Å². The largest absolute Gasteiger partial charge is 0.484 e. The van der Waals surface area contributed by atoms with Crippen LogP contribution in [-0.2, 0) is 16.1 Å². The van der Waals surface area contributed by atoms with Crippen molar-refractivity contribution in [2.24, 2.45) is 0 Å². The number of amides is 2. The SMILES string of the molecule is CC(C)NC(=O)[C@@H](C)N(Cc1ccc(Cl)c(Cl)c1)C(=O)COc1ccc(Br)cc1. The van der Waals surface area contributed by atoms with Gasteiger partial charge in [0.15, 0.2) is 6.61 Å². The van der Waals surface area contributed by atoms with E-state index in [9.17, 15) is 9.59 Å². The van der Waals surface area contributed by atoms with Gasteiger partial charge < -0.3 is 15.0 Å². The molecule has 0 radical (unpaired) electrons. The van der Waals surface area contributed by atoms with Crippen molar-refractivity contribution in [2.45, 2.75) is 39.4 Å². The van der Waals surface area contributed by atoms with Gasteiger partial charge in [0, 0.05) is 17.1 Å². The standard InChI is InChI=1S/C21H23BrCl2N2O3/c1-13(2)25-21(28)14(3)26(11-15-4-9-18(23)19(24)10-15)20(27)12-29-17-7-5-16(22)6-8-17/h4-10,13-14H,11-12H2,1-3H3,(H,25,28)/t14-/m1/s1. The van der Waals surface area contributed by atoms with E-state index < -0.39 is 6.04 Å². The molecule has 29 heavy (non-hydrogen) atoms. The summed E-state index contributed by atoms with van der Waals surface area (Å²) in [6.45, 7) is 5.43. The lowest BCUT2D eigenvalue weighted by molar-refractivity contribution is -0.142. The van der Waals surface area contributed by atoms with Gasteiger partial charge in [-0.2, -0.15) is 0 Å². The van der Waals surface area contributed by atoms with Gasteiger partial charge in [-0.1, -0.05) is 45.2 Å². The third-order valence-corrected chi connectivity index (χ3v) is 5.38. The minimum atomic E-state index is -0.687. The first-order valence-corrected chi connectivity index (χ1v) is 10.6. The Morgan fingerprint density at radius 2 is 1.72 bits per heavy atom. The number of hydrogen-bond donors (Lipinski definition) is 1. The quantitative estimate of drug-likeness (QED) is 0.548. The molecule has 0 saturated heterocycles. The van der Waals surface area contributed by atoms with Crippen LogP contribution in [0.5, 0.6) is 5.75 Å². The van der Waals surface area contributed by atoms with Crippen molar-refractivity contribution < 1.29 is 14.3 Å². The van der Waals surface area contributed by atoms with Gasteiger partial charge in [-0.3, -0.25) is 9.59 Å². The number of benzene rings is 2. The lowest BCUT2D eigenvalue weighted by Crippen LogP contribution is -2.50. The van der Waals surface area contributed by atoms with Gasteiger partial charge in [-0.05, 0) is 62.7 Å². The Morgan fingerprint density at radius 3 is 2.31 bits per heavy atom. The van der Waals surface area contributed by atoms with Gasteiger partial charge >= 0.3 is 0 Å². The molecular formula is C21H23BrCl2N2O3. The lowest BCUT2D eigenvalue weighted by Gasteiger charge is -2.29. The van der Waals surface area contributed by atoms with Crippen molar-refractivity contribution in [3.8, 4) is 5.75 Å². The predicted molar refractivity (Wildman–Crippen MR) is 119 cm³/mol. The highest BCUT2D eigenvalue weighted by molar-refractivity contribution is 9.10. The maximum absolute atomic E-state index is 12.9. The van der Waals surface area contributed by atoms with E-state index in [0.29, 0.717) is 15.8 Å². The lowest BCUT2D eigenvalue weighted by atomic mass is 10.1. The van der Waals surface area contributed by atoms with E-state index in [1.807, 2.05) is 26.0 Å². The van der Waals surface area contributed by atoms with Crippen LogP contribution in [0.4, 0.5) is 0 Å². The number of ether oxygens (including phenoxy) is 1. The first-order chi connectivity index (χ1) is 13.7. The first-order valence-electron chi connectivity index (χ1n) is 9.09. The molecule has 0 aliphatic carbocycles. The van der Waals surface area contributed by atoms with Crippen LogP contribution in [-0.4, -0.2) is 35.4 Å². The molecule has 8 heteroatoms. The van der Waals surface area contributed by atoms with E-state index in [2.05, 4.69) is 21.2 Å². The highest BCUT2D eigenvalue weighted by atomic mass is 79.9. The zero-order chi connectivity index (χ0) is 21.6. The van der Waals surface area contributed by atoms with Crippen LogP contribution in [0.2, 0.25) is 10.0 Å². The van der Waals surface area contributed by atoms with Crippen LogP contribution in [0.3, 0.4) is 0 Å². The van der Waals surface area contributed by atoms with Crippen molar-refractivity contribution in [1.29, 1.82) is 0 Å². The molecule has 0 bridgehead atoms. The predicted octanol–water partition coefficient (Wildman–Crippen LogP) is 5.08. The molecule has 0 aliphatic rings. The number of carbonyl (C=O) groups excluding carboxylic acids is 2. The molecule has 0 heterocycles. The Kier molecular flexibility index (Phi) is 8.80. The molecular weight excluding hydrogens is 479 g/mol. The Hall–Kier alpha value is -1.76. The maximum atomic E-state index is 12.9. The van der Waals surface area contributed by atoms with Crippen LogP contribution in [0, 0.1) is 0 Å². The first kappa shape index (κ1) is 23.5. The van der Waals surface area contributed by atoms with Gasteiger partial charge in [-0.25, -0.2) is 0 Å². The van der Waals surface area contributed by atoms with Gasteiger partial charge in [0.1, 0.15) is 11.8 Å². The Bertz CT molecular complexity index is 860. The van der Waals surface area contributed by atoms with Crippen LogP contribution in [0.1, 0.15) is 26.3 Å². The summed E-state index contributed by atoms with van der Waals surface area (Å²) in [6, 6.07) is 11.6. The van der Waals surface area contributed by atoms with Crippen LogP contribution < -0.4 is 10.1 Å². The van der Waals surface area contributed by atoms with E-state index in [-0.39, 0.29) is 31.0 Å². The normalized spacial score (nSPS) is 11.8. The minimum Gasteiger partial charge on any atom is -0.484 e. The summed E-state index contributed by atoms with van der Waals surface area (Å²) in [4.78, 5) is 26.9. The maximum Gasteiger partial charge on any atom is 0.261 e.